The number of anilines is 1. The van der Waals surface area contributed by atoms with Crippen molar-refractivity contribution >= 4 is 11.5 Å². The van der Waals surface area contributed by atoms with Crippen LogP contribution in [0.5, 0.6) is 5.88 Å². The van der Waals surface area contributed by atoms with Gasteiger partial charge in [0.05, 0.1) is 11.5 Å². The molecule has 0 aromatic carbocycles. The van der Waals surface area contributed by atoms with Crippen LogP contribution in [0.4, 0.5) is 11.5 Å². The average Bonchev–Trinajstić information content (AvgIpc) is 2.38. The smallest absolute Gasteiger partial charge is 0.372 e. The van der Waals surface area contributed by atoms with E-state index >= 15 is 0 Å². The van der Waals surface area contributed by atoms with Gasteiger partial charge in [0.15, 0.2) is 0 Å². The SMILES string of the molecule is CCNc1nc(C(C)C)nc(OCCOC)c1[N+](=O)[O-]. The molecule has 0 aliphatic rings. The maximum Gasteiger partial charge on any atom is 0.372 e. The van der Waals surface area contributed by atoms with Gasteiger partial charge in [0.2, 0.25) is 5.82 Å². The molecule has 0 atom stereocenters. The summed E-state index contributed by atoms with van der Waals surface area (Å²) >= 11 is 0. The minimum absolute atomic E-state index is 0.0262. The first-order valence-electron chi connectivity index (χ1n) is 6.43. The molecular formula is C12H20N4O4. The number of methoxy groups -OCH3 is 1. The van der Waals surface area contributed by atoms with E-state index in [0.717, 1.165) is 0 Å². The van der Waals surface area contributed by atoms with Crippen LogP contribution in [0.3, 0.4) is 0 Å². The number of nitro groups is 1. The molecule has 1 aromatic heterocycles. The first kappa shape index (κ1) is 16.1. The highest BCUT2D eigenvalue weighted by atomic mass is 16.6. The number of nitrogens with zero attached hydrogens (tertiary/aromatic N) is 3. The summed E-state index contributed by atoms with van der Waals surface area (Å²) in [6, 6.07) is 0. The van der Waals surface area contributed by atoms with Crippen LogP contribution in [0.15, 0.2) is 0 Å². The van der Waals surface area contributed by atoms with E-state index in [0.29, 0.717) is 19.0 Å². The molecule has 1 N–H and O–H groups in total. The third-order valence-corrected chi connectivity index (χ3v) is 2.44. The Hall–Kier alpha value is -1.96. The lowest BCUT2D eigenvalue weighted by Crippen LogP contribution is -2.13. The molecule has 8 heteroatoms. The predicted octanol–water partition coefficient (Wildman–Crippen LogP) is 1.97. The quantitative estimate of drug-likeness (QED) is 0.442. The summed E-state index contributed by atoms with van der Waals surface area (Å²) in [4.78, 5) is 19.0. The van der Waals surface area contributed by atoms with E-state index in [1.165, 1.54) is 7.11 Å². The maximum absolute atomic E-state index is 11.2. The summed E-state index contributed by atoms with van der Waals surface area (Å²) in [6.45, 7) is 6.71. The van der Waals surface area contributed by atoms with E-state index in [-0.39, 0.29) is 29.9 Å². The standard InChI is InChI=1S/C12H20N4O4/c1-5-13-11-9(16(17)18)12(20-7-6-19-4)15-10(14-11)8(2)3/h8H,5-7H2,1-4H3,(H,13,14,15). The highest BCUT2D eigenvalue weighted by Crippen LogP contribution is 2.33. The molecule has 0 aliphatic heterocycles. The fourth-order valence-electron chi connectivity index (χ4n) is 1.49. The predicted molar refractivity (Wildman–Crippen MR) is 74.3 cm³/mol. The van der Waals surface area contributed by atoms with E-state index in [9.17, 15) is 10.1 Å². The van der Waals surface area contributed by atoms with Gasteiger partial charge in [0.25, 0.3) is 5.88 Å². The molecule has 0 saturated carbocycles. The second-order valence-corrected chi connectivity index (χ2v) is 4.37. The first-order valence-corrected chi connectivity index (χ1v) is 6.43. The summed E-state index contributed by atoms with van der Waals surface area (Å²) in [7, 11) is 1.53. The van der Waals surface area contributed by atoms with E-state index < -0.39 is 4.92 Å². The number of hydrogen-bond donors (Lipinski definition) is 1. The number of rotatable bonds is 8. The highest BCUT2D eigenvalue weighted by molar-refractivity contribution is 5.61. The van der Waals surface area contributed by atoms with Gasteiger partial charge in [-0.05, 0) is 6.92 Å². The fourth-order valence-corrected chi connectivity index (χ4v) is 1.49. The number of nitrogens with one attached hydrogen (secondary N) is 1. The molecule has 0 unspecified atom stereocenters. The normalized spacial score (nSPS) is 10.7. The summed E-state index contributed by atoms with van der Waals surface area (Å²) in [5, 5.41) is 14.1. The zero-order chi connectivity index (χ0) is 15.1. The summed E-state index contributed by atoms with van der Waals surface area (Å²) in [5.41, 5.74) is -0.243. The Balaban J connectivity index is 3.23. The summed E-state index contributed by atoms with van der Waals surface area (Å²) in [5.74, 6) is 0.697. The Labute approximate surface area is 117 Å². The second-order valence-electron chi connectivity index (χ2n) is 4.37. The lowest BCUT2D eigenvalue weighted by molar-refractivity contribution is -0.385. The van der Waals surface area contributed by atoms with Crippen molar-refractivity contribution in [3.05, 3.63) is 15.9 Å². The number of aromatic nitrogens is 2. The first-order chi connectivity index (χ1) is 9.51. The Morgan fingerprint density at radius 2 is 2.05 bits per heavy atom. The molecule has 0 bridgehead atoms. The zero-order valence-corrected chi connectivity index (χ0v) is 12.2. The molecule has 1 rings (SSSR count). The van der Waals surface area contributed by atoms with Crippen molar-refractivity contribution in [2.24, 2.45) is 0 Å². The number of hydrogen-bond acceptors (Lipinski definition) is 7. The van der Waals surface area contributed by atoms with Crippen molar-refractivity contribution in [2.45, 2.75) is 26.7 Å². The average molecular weight is 284 g/mol. The van der Waals surface area contributed by atoms with Crippen LogP contribution in [-0.2, 0) is 4.74 Å². The van der Waals surface area contributed by atoms with E-state index in [1.807, 2.05) is 20.8 Å². The van der Waals surface area contributed by atoms with Crippen molar-refractivity contribution in [1.82, 2.24) is 9.97 Å². The molecule has 8 nitrogen and oxygen atoms in total. The van der Waals surface area contributed by atoms with Crippen LogP contribution < -0.4 is 10.1 Å². The molecular weight excluding hydrogens is 264 g/mol. The molecule has 0 radical (unpaired) electrons. The minimum Gasteiger partial charge on any atom is -0.470 e. The van der Waals surface area contributed by atoms with Crippen molar-refractivity contribution in [3.63, 3.8) is 0 Å². The van der Waals surface area contributed by atoms with Crippen molar-refractivity contribution in [1.29, 1.82) is 0 Å². The lowest BCUT2D eigenvalue weighted by Gasteiger charge is -2.12. The van der Waals surface area contributed by atoms with Crippen LogP contribution in [-0.4, -0.2) is 41.8 Å². The van der Waals surface area contributed by atoms with Crippen LogP contribution in [0.2, 0.25) is 0 Å². The van der Waals surface area contributed by atoms with Gasteiger partial charge in [-0.15, -0.1) is 0 Å². The van der Waals surface area contributed by atoms with Crippen LogP contribution in [0, 0.1) is 10.1 Å². The minimum atomic E-state index is -0.537. The van der Waals surface area contributed by atoms with Gasteiger partial charge in [0.1, 0.15) is 12.4 Å². The van der Waals surface area contributed by atoms with E-state index in [2.05, 4.69) is 15.3 Å². The molecule has 1 aromatic rings. The van der Waals surface area contributed by atoms with Crippen LogP contribution in [0.1, 0.15) is 32.5 Å². The third kappa shape index (κ3) is 4.02. The molecule has 20 heavy (non-hydrogen) atoms. The molecule has 1 heterocycles. The molecule has 112 valence electrons. The van der Waals surface area contributed by atoms with Gasteiger partial charge >= 0.3 is 5.69 Å². The second kappa shape index (κ2) is 7.59. The van der Waals surface area contributed by atoms with Gasteiger partial charge in [-0.2, -0.15) is 4.98 Å². The van der Waals surface area contributed by atoms with Crippen molar-refractivity contribution in [2.75, 3.05) is 32.2 Å². The van der Waals surface area contributed by atoms with Crippen molar-refractivity contribution in [3.8, 4) is 5.88 Å². The molecule has 0 saturated heterocycles. The molecule has 0 amide bonds. The van der Waals surface area contributed by atoms with Crippen molar-refractivity contribution < 1.29 is 14.4 Å². The summed E-state index contributed by atoms with van der Waals surface area (Å²) < 4.78 is 10.2. The van der Waals surface area contributed by atoms with Crippen LogP contribution >= 0.6 is 0 Å². The number of ether oxygens (including phenoxy) is 2. The van der Waals surface area contributed by atoms with E-state index in [4.69, 9.17) is 9.47 Å². The van der Waals surface area contributed by atoms with Gasteiger partial charge in [-0.3, -0.25) is 10.1 Å². The Bertz CT molecular complexity index is 465. The molecule has 0 spiro atoms. The van der Waals surface area contributed by atoms with Gasteiger partial charge in [0, 0.05) is 19.6 Å². The Kier molecular flexibility index (Phi) is 6.10. The van der Waals surface area contributed by atoms with E-state index in [1.54, 1.807) is 0 Å². The third-order valence-electron chi connectivity index (χ3n) is 2.44. The zero-order valence-electron chi connectivity index (χ0n) is 12.2. The summed E-state index contributed by atoms with van der Waals surface area (Å²) in [6.07, 6.45) is 0. The molecule has 0 fully saturated rings. The largest absolute Gasteiger partial charge is 0.470 e. The van der Waals surface area contributed by atoms with Crippen LogP contribution in [0.25, 0.3) is 0 Å². The Morgan fingerprint density at radius 3 is 2.55 bits per heavy atom. The monoisotopic (exact) mass is 284 g/mol. The lowest BCUT2D eigenvalue weighted by atomic mass is 10.2. The molecule has 0 aliphatic carbocycles. The van der Waals surface area contributed by atoms with Gasteiger partial charge in [-0.1, -0.05) is 13.8 Å². The van der Waals surface area contributed by atoms with Gasteiger partial charge < -0.3 is 14.8 Å². The van der Waals surface area contributed by atoms with Gasteiger partial charge in [-0.25, -0.2) is 4.98 Å². The highest BCUT2D eigenvalue weighted by Gasteiger charge is 2.26. The maximum atomic E-state index is 11.2. The fraction of sp³-hybridized carbons (Fsp3) is 0.667. The Morgan fingerprint density at radius 1 is 1.35 bits per heavy atom. The topological polar surface area (TPSA) is 99.4 Å².